The van der Waals surface area contributed by atoms with Gasteiger partial charge >= 0.3 is 0 Å². The predicted octanol–water partition coefficient (Wildman–Crippen LogP) is 3.81. The van der Waals surface area contributed by atoms with Gasteiger partial charge in [0.25, 0.3) is 5.91 Å². The van der Waals surface area contributed by atoms with Gasteiger partial charge in [-0.2, -0.15) is 0 Å². The first kappa shape index (κ1) is 15.8. The molecule has 1 N–H and O–H groups in total. The van der Waals surface area contributed by atoms with Crippen molar-refractivity contribution in [3.05, 3.63) is 59.9 Å². The Morgan fingerprint density at radius 2 is 1.71 bits per heavy atom. The highest BCUT2D eigenvalue weighted by Crippen LogP contribution is 2.26. The van der Waals surface area contributed by atoms with Gasteiger partial charge in [0.2, 0.25) is 0 Å². The molecular weight excluding hydrogens is 304 g/mol. The fourth-order valence-corrected chi connectivity index (χ4v) is 2.58. The lowest BCUT2D eigenvalue weighted by Crippen LogP contribution is -2.12. The number of carbonyl (C=O) groups is 1. The maximum atomic E-state index is 12.6. The number of rotatable bonds is 4. The third-order valence-corrected chi connectivity index (χ3v) is 3.88. The predicted molar refractivity (Wildman–Crippen MR) is 94.0 cm³/mol. The number of anilines is 1. The van der Waals surface area contributed by atoms with Crippen LogP contribution < -0.4 is 14.8 Å². The summed E-state index contributed by atoms with van der Waals surface area (Å²) < 4.78 is 10.4. The number of aromatic nitrogens is 1. The van der Waals surface area contributed by atoms with Gasteiger partial charge in [-0.25, -0.2) is 0 Å². The summed E-state index contributed by atoms with van der Waals surface area (Å²) in [4.78, 5) is 16.9. The molecule has 0 bridgehead atoms. The second-order valence-corrected chi connectivity index (χ2v) is 5.41. The fourth-order valence-electron chi connectivity index (χ4n) is 2.58. The summed E-state index contributed by atoms with van der Waals surface area (Å²) in [7, 11) is 3.10. The van der Waals surface area contributed by atoms with Crippen molar-refractivity contribution in [2.75, 3.05) is 19.5 Å². The Bertz CT molecular complexity index is 884. The lowest BCUT2D eigenvalue weighted by atomic mass is 10.1. The largest absolute Gasteiger partial charge is 0.497 e. The van der Waals surface area contributed by atoms with Crippen molar-refractivity contribution in [1.82, 2.24) is 4.98 Å². The summed E-state index contributed by atoms with van der Waals surface area (Å²) in [5, 5.41) is 4.88. The van der Waals surface area contributed by atoms with E-state index < -0.39 is 0 Å². The molecule has 0 spiro atoms. The molecule has 0 saturated heterocycles. The van der Waals surface area contributed by atoms with Gasteiger partial charge in [0.15, 0.2) is 0 Å². The first-order valence-corrected chi connectivity index (χ1v) is 7.50. The summed E-state index contributed by atoms with van der Waals surface area (Å²) in [5.74, 6) is 0.876. The van der Waals surface area contributed by atoms with E-state index in [0.717, 1.165) is 16.3 Å². The fraction of sp³-hybridized carbons (Fsp3) is 0.158. The second-order valence-electron chi connectivity index (χ2n) is 5.41. The molecule has 24 heavy (non-hydrogen) atoms. The molecule has 1 amide bonds. The Morgan fingerprint density at radius 3 is 2.38 bits per heavy atom. The van der Waals surface area contributed by atoms with Crippen molar-refractivity contribution in [2.45, 2.75) is 6.92 Å². The third kappa shape index (κ3) is 3.01. The van der Waals surface area contributed by atoms with Crippen LogP contribution in [0.3, 0.4) is 0 Å². The molecule has 0 atom stereocenters. The van der Waals surface area contributed by atoms with Crippen molar-refractivity contribution in [3.8, 4) is 11.5 Å². The standard InChI is InChI=1S/C19H18N2O3/c1-12-5-4-6-16-17(12)10-20-11-18(16)21-19(22)13-7-14(23-2)9-15(8-13)24-3/h4-11H,1-3H3,(H,21,22). The molecule has 2 aromatic carbocycles. The Kier molecular flexibility index (Phi) is 4.33. The van der Waals surface area contributed by atoms with Crippen LogP contribution in [0.25, 0.3) is 10.8 Å². The van der Waals surface area contributed by atoms with E-state index in [1.807, 2.05) is 25.1 Å². The highest BCUT2D eigenvalue weighted by molar-refractivity contribution is 6.09. The van der Waals surface area contributed by atoms with Gasteiger partial charge < -0.3 is 14.8 Å². The lowest BCUT2D eigenvalue weighted by molar-refractivity contribution is 0.102. The van der Waals surface area contributed by atoms with Crippen LogP contribution in [-0.4, -0.2) is 25.1 Å². The number of nitrogens with zero attached hydrogens (tertiary/aromatic N) is 1. The molecule has 3 aromatic rings. The molecule has 122 valence electrons. The van der Waals surface area contributed by atoms with Gasteiger partial charge in [-0.3, -0.25) is 9.78 Å². The minimum absolute atomic E-state index is 0.247. The third-order valence-electron chi connectivity index (χ3n) is 3.88. The number of benzene rings is 2. The first-order chi connectivity index (χ1) is 11.6. The van der Waals surface area contributed by atoms with Crippen LogP contribution >= 0.6 is 0 Å². The molecule has 1 aromatic heterocycles. The van der Waals surface area contributed by atoms with Crippen LogP contribution in [0, 0.1) is 6.92 Å². The van der Waals surface area contributed by atoms with E-state index in [1.54, 1.807) is 44.8 Å². The van der Waals surface area contributed by atoms with Gasteiger partial charge in [0.1, 0.15) is 11.5 Å². The molecule has 0 unspecified atom stereocenters. The number of hydrogen-bond donors (Lipinski definition) is 1. The molecule has 0 radical (unpaired) electrons. The van der Waals surface area contributed by atoms with Crippen LogP contribution in [0.2, 0.25) is 0 Å². The van der Waals surface area contributed by atoms with E-state index in [9.17, 15) is 4.79 Å². The topological polar surface area (TPSA) is 60.5 Å². The average molecular weight is 322 g/mol. The minimum Gasteiger partial charge on any atom is -0.497 e. The van der Waals surface area contributed by atoms with Crippen LogP contribution in [-0.2, 0) is 0 Å². The van der Waals surface area contributed by atoms with Gasteiger partial charge in [-0.05, 0) is 24.6 Å². The summed E-state index contributed by atoms with van der Waals surface area (Å²) in [6.07, 6.45) is 3.45. The number of methoxy groups -OCH3 is 2. The molecule has 1 heterocycles. The van der Waals surface area contributed by atoms with E-state index in [1.165, 1.54) is 0 Å². The summed E-state index contributed by atoms with van der Waals surface area (Å²) in [6.45, 7) is 2.02. The van der Waals surface area contributed by atoms with Crippen LogP contribution in [0.5, 0.6) is 11.5 Å². The highest BCUT2D eigenvalue weighted by Gasteiger charge is 2.12. The van der Waals surface area contributed by atoms with Crippen molar-refractivity contribution in [3.63, 3.8) is 0 Å². The average Bonchev–Trinajstić information content (AvgIpc) is 2.62. The smallest absolute Gasteiger partial charge is 0.255 e. The van der Waals surface area contributed by atoms with E-state index in [2.05, 4.69) is 10.3 Å². The van der Waals surface area contributed by atoms with Crippen molar-refractivity contribution >= 4 is 22.4 Å². The number of aryl methyl sites for hydroxylation is 1. The molecule has 0 fully saturated rings. The first-order valence-electron chi connectivity index (χ1n) is 7.50. The summed E-state index contributed by atoms with van der Waals surface area (Å²) in [6, 6.07) is 11.0. The number of hydrogen-bond acceptors (Lipinski definition) is 4. The molecule has 0 aliphatic rings. The number of ether oxygens (including phenoxy) is 2. The van der Waals surface area contributed by atoms with Gasteiger partial charge in [-0.1, -0.05) is 18.2 Å². The SMILES string of the molecule is COc1cc(OC)cc(C(=O)Nc2cncc3c(C)cccc23)c1. The van der Waals surface area contributed by atoms with Crippen LogP contribution in [0.1, 0.15) is 15.9 Å². The number of fused-ring (bicyclic) bond motifs is 1. The zero-order valence-corrected chi connectivity index (χ0v) is 13.8. The number of carbonyl (C=O) groups excluding carboxylic acids is 1. The van der Waals surface area contributed by atoms with Crippen molar-refractivity contribution in [2.24, 2.45) is 0 Å². The zero-order valence-electron chi connectivity index (χ0n) is 13.8. The zero-order chi connectivity index (χ0) is 17.1. The van der Waals surface area contributed by atoms with Gasteiger partial charge in [-0.15, -0.1) is 0 Å². The van der Waals surface area contributed by atoms with Crippen molar-refractivity contribution in [1.29, 1.82) is 0 Å². The van der Waals surface area contributed by atoms with E-state index in [0.29, 0.717) is 22.7 Å². The molecule has 0 aliphatic carbocycles. The van der Waals surface area contributed by atoms with Crippen LogP contribution in [0.15, 0.2) is 48.8 Å². The van der Waals surface area contributed by atoms with E-state index >= 15 is 0 Å². The Balaban J connectivity index is 1.97. The number of nitrogens with one attached hydrogen (secondary N) is 1. The molecule has 5 nitrogen and oxygen atoms in total. The Hall–Kier alpha value is -3.08. The molecule has 0 aliphatic heterocycles. The number of pyridine rings is 1. The lowest BCUT2D eigenvalue weighted by Gasteiger charge is -2.11. The maximum absolute atomic E-state index is 12.6. The highest BCUT2D eigenvalue weighted by atomic mass is 16.5. The maximum Gasteiger partial charge on any atom is 0.255 e. The molecule has 3 rings (SSSR count). The Morgan fingerprint density at radius 1 is 1.00 bits per heavy atom. The molecular formula is C19H18N2O3. The summed E-state index contributed by atoms with van der Waals surface area (Å²) in [5.41, 5.74) is 2.23. The quantitative estimate of drug-likeness (QED) is 0.793. The Labute approximate surface area is 140 Å². The molecule has 5 heteroatoms. The van der Waals surface area contributed by atoms with Crippen LogP contribution in [0.4, 0.5) is 5.69 Å². The number of amides is 1. The molecule has 0 saturated carbocycles. The van der Waals surface area contributed by atoms with E-state index in [4.69, 9.17) is 9.47 Å². The second kappa shape index (κ2) is 6.58. The summed E-state index contributed by atoms with van der Waals surface area (Å²) >= 11 is 0. The minimum atomic E-state index is -0.247. The van der Waals surface area contributed by atoms with Crippen molar-refractivity contribution < 1.29 is 14.3 Å². The van der Waals surface area contributed by atoms with Gasteiger partial charge in [0.05, 0.1) is 26.1 Å². The van der Waals surface area contributed by atoms with E-state index in [-0.39, 0.29) is 5.91 Å². The normalized spacial score (nSPS) is 10.5. The monoisotopic (exact) mass is 322 g/mol. The van der Waals surface area contributed by atoms with Gasteiger partial charge in [0, 0.05) is 28.6 Å².